The first kappa shape index (κ1) is 12.5. The summed E-state index contributed by atoms with van der Waals surface area (Å²) >= 11 is 6.07. The zero-order valence-corrected chi connectivity index (χ0v) is 11.7. The topological polar surface area (TPSA) is 15.3 Å². The van der Waals surface area contributed by atoms with Gasteiger partial charge in [0, 0.05) is 30.2 Å². The maximum atomic E-state index is 6.07. The molecule has 0 amide bonds. The SMILES string of the molecule is CNC1CCN(C2CCc3cc(Cl)ccc32)CC1. The first-order valence-corrected chi connectivity index (χ1v) is 7.35. The number of benzene rings is 1. The number of nitrogens with one attached hydrogen (secondary N) is 1. The molecular formula is C15H21ClN2. The highest BCUT2D eigenvalue weighted by Gasteiger charge is 2.30. The van der Waals surface area contributed by atoms with Gasteiger partial charge in [-0.2, -0.15) is 0 Å². The Bertz CT molecular complexity index is 425. The molecule has 1 N–H and O–H groups in total. The summed E-state index contributed by atoms with van der Waals surface area (Å²) in [5, 5.41) is 4.28. The second kappa shape index (κ2) is 5.20. The largest absolute Gasteiger partial charge is 0.317 e. The molecule has 1 aromatic rings. The molecule has 0 spiro atoms. The van der Waals surface area contributed by atoms with Crippen LogP contribution in [0.4, 0.5) is 0 Å². The van der Waals surface area contributed by atoms with Crippen LogP contribution in [0.25, 0.3) is 0 Å². The van der Waals surface area contributed by atoms with Gasteiger partial charge in [-0.25, -0.2) is 0 Å². The van der Waals surface area contributed by atoms with E-state index in [2.05, 4.69) is 29.4 Å². The molecule has 0 aromatic heterocycles. The summed E-state index contributed by atoms with van der Waals surface area (Å²) in [6.07, 6.45) is 5.00. The minimum atomic E-state index is 0.634. The van der Waals surface area contributed by atoms with Gasteiger partial charge in [-0.15, -0.1) is 0 Å². The lowest BCUT2D eigenvalue weighted by Gasteiger charge is -2.36. The van der Waals surface area contributed by atoms with Crippen molar-refractivity contribution in [2.24, 2.45) is 0 Å². The van der Waals surface area contributed by atoms with Crippen molar-refractivity contribution in [1.82, 2.24) is 10.2 Å². The fourth-order valence-corrected chi connectivity index (χ4v) is 3.64. The van der Waals surface area contributed by atoms with E-state index in [1.54, 1.807) is 0 Å². The van der Waals surface area contributed by atoms with Gasteiger partial charge >= 0.3 is 0 Å². The van der Waals surface area contributed by atoms with Gasteiger partial charge in [0.1, 0.15) is 0 Å². The highest BCUT2D eigenvalue weighted by atomic mass is 35.5. The predicted octanol–water partition coefficient (Wildman–Crippen LogP) is 3.01. The van der Waals surface area contributed by atoms with Gasteiger partial charge in [-0.1, -0.05) is 17.7 Å². The van der Waals surface area contributed by atoms with E-state index in [-0.39, 0.29) is 0 Å². The molecule has 1 aromatic carbocycles. The third-order valence-electron chi connectivity index (χ3n) is 4.53. The van der Waals surface area contributed by atoms with Crippen LogP contribution < -0.4 is 5.32 Å². The Hall–Kier alpha value is -0.570. The van der Waals surface area contributed by atoms with Crippen LogP contribution in [-0.4, -0.2) is 31.1 Å². The summed E-state index contributed by atoms with van der Waals surface area (Å²) in [4.78, 5) is 2.66. The fourth-order valence-electron chi connectivity index (χ4n) is 3.44. The van der Waals surface area contributed by atoms with Gasteiger partial charge in [0.2, 0.25) is 0 Å². The van der Waals surface area contributed by atoms with Crippen LogP contribution in [0.2, 0.25) is 5.02 Å². The Morgan fingerprint density at radius 3 is 2.72 bits per heavy atom. The molecule has 1 aliphatic heterocycles. The summed E-state index contributed by atoms with van der Waals surface area (Å²) in [6, 6.07) is 7.78. The average molecular weight is 265 g/mol. The minimum absolute atomic E-state index is 0.634. The predicted molar refractivity (Wildman–Crippen MR) is 76.2 cm³/mol. The third-order valence-corrected chi connectivity index (χ3v) is 4.76. The van der Waals surface area contributed by atoms with Gasteiger partial charge in [-0.05, 0) is 56.0 Å². The second-order valence-corrected chi connectivity index (χ2v) is 5.93. The highest BCUT2D eigenvalue weighted by Crippen LogP contribution is 2.38. The van der Waals surface area contributed by atoms with Crippen molar-refractivity contribution in [3.05, 3.63) is 34.3 Å². The molecule has 1 unspecified atom stereocenters. The van der Waals surface area contributed by atoms with E-state index in [1.165, 1.54) is 49.9 Å². The number of nitrogens with zero attached hydrogens (tertiary/aromatic N) is 1. The molecule has 1 aliphatic carbocycles. The molecule has 1 fully saturated rings. The monoisotopic (exact) mass is 264 g/mol. The van der Waals surface area contributed by atoms with Gasteiger partial charge in [0.15, 0.2) is 0 Å². The van der Waals surface area contributed by atoms with Crippen LogP contribution in [0, 0.1) is 0 Å². The molecule has 3 rings (SSSR count). The molecule has 2 nitrogen and oxygen atoms in total. The quantitative estimate of drug-likeness (QED) is 0.883. The normalized spacial score (nSPS) is 25.3. The first-order valence-electron chi connectivity index (χ1n) is 6.97. The lowest BCUT2D eigenvalue weighted by Crippen LogP contribution is -2.42. The second-order valence-electron chi connectivity index (χ2n) is 5.50. The van der Waals surface area contributed by atoms with Crippen LogP contribution in [-0.2, 0) is 6.42 Å². The van der Waals surface area contributed by atoms with Crippen molar-refractivity contribution in [3.8, 4) is 0 Å². The number of fused-ring (bicyclic) bond motifs is 1. The Kier molecular flexibility index (Phi) is 3.60. The summed E-state index contributed by atoms with van der Waals surface area (Å²) < 4.78 is 0. The molecule has 1 atom stereocenters. The van der Waals surface area contributed by atoms with Gasteiger partial charge in [0.25, 0.3) is 0 Å². The molecule has 1 heterocycles. The Morgan fingerprint density at radius 1 is 1.22 bits per heavy atom. The molecule has 1 saturated heterocycles. The van der Waals surface area contributed by atoms with E-state index in [4.69, 9.17) is 11.6 Å². The molecule has 0 bridgehead atoms. The van der Waals surface area contributed by atoms with Crippen LogP contribution in [0.3, 0.4) is 0 Å². The van der Waals surface area contributed by atoms with Crippen LogP contribution in [0.1, 0.15) is 36.4 Å². The van der Waals surface area contributed by atoms with Gasteiger partial charge in [-0.3, -0.25) is 4.90 Å². The molecule has 2 aliphatic rings. The van der Waals surface area contributed by atoms with Crippen molar-refractivity contribution < 1.29 is 0 Å². The molecule has 18 heavy (non-hydrogen) atoms. The number of rotatable bonds is 2. The fraction of sp³-hybridized carbons (Fsp3) is 0.600. The van der Waals surface area contributed by atoms with Gasteiger partial charge in [0.05, 0.1) is 0 Å². The van der Waals surface area contributed by atoms with Crippen molar-refractivity contribution in [1.29, 1.82) is 0 Å². The lowest BCUT2D eigenvalue weighted by molar-refractivity contribution is 0.145. The Morgan fingerprint density at radius 2 is 2.00 bits per heavy atom. The number of aryl methyl sites for hydroxylation is 1. The first-order chi connectivity index (χ1) is 8.78. The van der Waals surface area contributed by atoms with Crippen molar-refractivity contribution in [2.75, 3.05) is 20.1 Å². The van der Waals surface area contributed by atoms with Crippen molar-refractivity contribution >= 4 is 11.6 Å². The number of piperidine rings is 1. The standard InChI is InChI=1S/C15H21ClN2/c1-17-13-6-8-18(9-7-13)15-5-2-11-10-12(16)3-4-14(11)15/h3-4,10,13,15,17H,2,5-9H2,1H3. The number of halogens is 1. The average Bonchev–Trinajstić information content (AvgIpc) is 2.81. The molecule has 3 heteroatoms. The Balaban J connectivity index is 1.73. The minimum Gasteiger partial charge on any atom is -0.317 e. The van der Waals surface area contributed by atoms with E-state index in [9.17, 15) is 0 Å². The number of hydrogen-bond acceptors (Lipinski definition) is 2. The van der Waals surface area contributed by atoms with E-state index in [1.807, 2.05) is 6.07 Å². The summed E-state index contributed by atoms with van der Waals surface area (Å²) in [7, 11) is 2.08. The summed E-state index contributed by atoms with van der Waals surface area (Å²) in [6.45, 7) is 2.44. The number of likely N-dealkylation sites (tertiary alicyclic amines) is 1. The summed E-state index contributed by atoms with van der Waals surface area (Å²) in [5.41, 5.74) is 2.98. The van der Waals surface area contributed by atoms with E-state index < -0.39 is 0 Å². The zero-order valence-electron chi connectivity index (χ0n) is 11.0. The van der Waals surface area contributed by atoms with Crippen LogP contribution in [0.15, 0.2) is 18.2 Å². The maximum absolute atomic E-state index is 6.07. The van der Waals surface area contributed by atoms with E-state index >= 15 is 0 Å². The van der Waals surface area contributed by atoms with Crippen LogP contribution in [0.5, 0.6) is 0 Å². The van der Waals surface area contributed by atoms with E-state index in [0.29, 0.717) is 12.1 Å². The smallest absolute Gasteiger partial charge is 0.0408 e. The van der Waals surface area contributed by atoms with Gasteiger partial charge < -0.3 is 5.32 Å². The number of hydrogen-bond donors (Lipinski definition) is 1. The third kappa shape index (κ3) is 2.29. The summed E-state index contributed by atoms with van der Waals surface area (Å²) in [5.74, 6) is 0. The van der Waals surface area contributed by atoms with E-state index in [0.717, 1.165) is 5.02 Å². The van der Waals surface area contributed by atoms with Crippen molar-refractivity contribution in [3.63, 3.8) is 0 Å². The Labute approximate surface area is 114 Å². The molecule has 98 valence electrons. The molecule has 0 saturated carbocycles. The van der Waals surface area contributed by atoms with Crippen molar-refractivity contribution in [2.45, 2.75) is 37.8 Å². The van der Waals surface area contributed by atoms with Crippen LogP contribution >= 0.6 is 11.6 Å². The highest BCUT2D eigenvalue weighted by molar-refractivity contribution is 6.30. The molecular weight excluding hydrogens is 244 g/mol. The molecule has 0 radical (unpaired) electrons. The zero-order chi connectivity index (χ0) is 12.5. The lowest BCUT2D eigenvalue weighted by atomic mass is 10.0. The maximum Gasteiger partial charge on any atom is 0.0408 e.